The monoisotopic (exact) mass is 404 g/mol. The predicted octanol–water partition coefficient (Wildman–Crippen LogP) is 3.72. The second-order valence-corrected chi connectivity index (χ2v) is 7.91. The van der Waals surface area contributed by atoms with E-state index in [0.717, 1.165) is 16.0 Å². The Kier molecular flexibility index (Phi) is 5.18. The van der Waals surface area contributed by atoms with E-state index in [1.165, 1.54) is 29.5 Å². The molecule has 5 nitrogen and oxygen atoms in total. The molecule has 1 aromatic heterocycles. The van der Waals surface area contributed by atoms with Gasteiger partial charge in [0.25, 0.3) is 5.91 Å². The molecule has 1 aliphatic heterocycles. The maximum Gasteiger partial charge on any atom is 0.279 e. The van der Waals surface area contributed by atoms with Crippen LogP contribution in [0, 0.1) is 5.82 Å². The number of aromatic nitrogens is 1. The number of hydrogen-bond donors (Lipinski definition) is 0. The van der Waals surface area contributed by atoms with Gasteiger partial charge in [-0.15, -0.1) is 0 Å². The Bertz CT molecular complexity index is 1070. The van der Waals surface area contributed by atoms with E-state index in [4.69, 9.17) is 9.47 Å². The van der Waals surface area contributed by atoms with Gasteiger partial charge in [0.05, 0.1) is 10.2 Å². The van der Waals surface area contributed by atoms with Gasteiger partial charge < -0.3 is 14.0 Å². The summed E-state index contributed by atoms with van der Waals surface area (Å²) in [5.41, 5.74) is 1.18. The molecule has 140 valence electrons. The van der Waals surface area contributed by atoms with Gasteiger partial charge in [-0.05, 0) is 24.5 Å². The van der Waals surface area contributed by atoms with Crippen LogP contribution in [0.25, 0.3) is 10.2 Å². The first-order valence-corrected chi connectivity index (χ1v) is 10.6. The number of ether oxygens (including phenoxy) is 2. The zero-order chi connectivity index (χ0) is 18.8. The summed E-state index contributed by atoms with van der Waals surface area (Å²) in [6.45, 7) is 1.74. The number of benzene rings is 2. The van der Waals surface area contributed by atoms with Crippen LogP contribution in [0.5, 0.6) is 11.5 Å². The predicted molar refractivity (Wildman–Crippen MR) is 105 cm³/mol. The number of thioether (sulfide) groups is 1. The standard InChI is InChI=1S/C19H17FN2O3S2/c1-26-8-5-22-14-10-15-16(25-7-6-24-15)11-17(14)27-19(22)21-18(23)12-3-2-4-13(20)9-12/h2-4,9-11H,5-8H2,1H3. The number of fused-ring (bicyclic) bond motifs is 2. The highest BCUT2D eigenvalue weighted by molar-refractivity contribution is 7.98. The van der Waals surface area contributed by atoms with Crippen molar-refractivity contribution in [1.82, 2.24) is 4.57 Å². The molecule has 0 N–H and O–H groups in total. The molecule has 0 saturated carbocycles. The fourth-order valence-electron chi connectivity index (χ4n) is 2.86. The van der Waals surface area contributed by atoms with E-state index < -0.39 is 11.7 Å². The molecular formula is C19H17FN2O3S2. The van der Waals surface area contributed by atoms with Crippen LogP contribution in [0.15, 0.2) is 41.4 Å². The Balaban J connectivity index is 1.84. The van der Waals surface area contributed by atoms with Crippen molar-refractivity contribution in [2.45, 2.75) is 6.54 Å². The lowest BCUT2D eigenvalue weighted by molar-refractivity contribution is 0.0997. The highest BCUT2D eigenvalue weighted by atomic mass is 32.2. The van der Waals surface area contributed by atoms with E-state index in [1.807, 2.05) is 23.0 Å². The second kappa shape index (κ2) is 7.74. The third-order valence-electron chi connectivity index (χ3n) is 4.13. The molecule has 2 aromatic carbocycles. The molecule has 4 rings (SSSR count). The van der Waals surface area contributed by atoms with Crippen molar-refractivity contribution in [3.05, 3.63) is 52.6 Å². The van der Waals surface area contributed by atoms with Gasteiger partial charge in [0.1, 0.15) is 19.0 Å². The molecule has 0 radical (unpaired) electrons. The molecular weight excluding hydrogens is 387 g/mol. The van der Waals surface area contributed by atoms with Gasteiger partial charge in [0.2, 0.25) is 0 Å². The van der Waals surface area contributed by atoms with Gasteiger partial charge in [-0.25, -0.2) is 4.39 Å². The summed E-state index contributed by atoms with van der Waals surface area (Å²) in [5, 5.41) is 0. The summed E-state index contributed by atoms with van der Waals surface area (Å²) in [6.07, 6.45) is 2.03. The average molecular weight is 404 g/mol. The molecule has 0 unspecified atom stereocenters. The third kappa shape index (κ3) is 3.72. The fraction of sp³-hybridized carbons (Fsp3) is 0.263. The van der Waals surface area contributed by atoms with E-state index in [0.29, 0.717) is 36.1 Å². The molecule has 2 heterocycles. The molecule has 0 spiro atoms. The van der Waals surface area contributed by atoms with Crippen LogP contribution >= 0.6 is 23.1 Å². The van der Waals surface area contributed by atoms with E-state index in [1.54, 1.807) is 17.8 Å². The number of carbonyl (C=O) groups excluding carboxylic acids is 1. The number of amides is 1. The number of nitrogens with zero attached hydrogens (tertiary/aromatic N) is 2. The maximum atomic E-state index is 13.4. The van der Waals surface area contributed by atoms with Crippen molar-refractivity contribution in [3.63, 3.8) is 0 Å². The van der Waals surface area contributed by atoms with Crippen molar-refractivity contribution in [2.24, 2.45) is 4.99 Å². The number of aryl methyl sites for hydroxylation is 1. The van der Waals surface area contributed by atoms with Crippen LogP contribution < -0.4 is 14.3 Å². The Hall–Kier alpha value is -2.32. The maximum absolute atomic E-state index is 13.4. The van der Waals surface area contributed by atoms with E-state index in [9.17, 15) is 9.18 Å². The van der Waals surface area contributed by atoms with Crippen molar-refractivity contribution < 1.29 is 18.7 Å². The molecule has 0 saturated heterocycles. The molecule has 1 aliphatic rings. The first-order valence-electron chi connectivity index (χ1n) is 8.42. The summed E-state index contributed by atoms with van der Waals surface area (Å²) < 4.78 is 27.7. The fourth-order valence-corrected chi connectivity index (χ4v) is 4.29. The third-order valence-corrected chi connectivity index (χ3v) is 5.77. The highest BCUT2D eigenvalue weighted by Crippen LogP contribution is 2.35. The second-order valence-electron chi connectivity index (χ2n) is 5.92. The molecule has 0 fully saturated rings. The molecule has 27 heavy (non-hydrogen) atoms. The number of hydrogen-bond acceptors (Lipinski definition) is 5. The smallest absolute Gasteiger partial charge is 0.279 e. The number of rotatable bonds is 4. The number of carbonyl (C=O) groups is 1. The van der Waals surface area contributed by atoms with Crippen molar-refractivity contribution >= 4 is 39.2 Å². The summed E-state index contributed by atoms with van der Waals surface area (Å²) >= 11 is 3.13. The zero-order valence-corrected chi connectivity index (χ0v) is 16.2. The number of thiazole rings is 1. The van der Waals surface area contributed by atoms with E-state index in [2.05, 4.69) is 4.99 Å². The SMILES string of the molecule is CSCCn1c(=NC(=O)c2cccc(F)c2)sc2cc3c(cc21)OCCO3. The Morgan fingerprint density at radius 2 is 2.04 bits per heavy atom. The van der Waals surface area contributed by atoms with Crippen LogP contribution in [0.2, 0.25) is 0 Å². The summed E-state index contributed by atoms with van der Waals surface area (Å²) in [6, 6.07) is 9.44. The molecule has 3 aromatic rings. The Morgan fingerprint density at radius 1 is 1.26 bits per heavy atom. The topological polar surface area (TPSA) is 52.8 Å². The normalized spacial score (nSPS) is 13.9. The van der Waals surface area contributed by atoms with Crippen molar-refractivity contribution in [1.29, 1.82) is 0 Å². The number of halogens is 1. The first kappa shape index (κ1) is 18.1. The zero-order valence-electron chi connectivity index (χ0n) is 14.6. The van der Waals surface area contributed by atoms with Gasteiger partial charge >= 0.3 is 0 Å². The van der Waals surface area contributed by atoms with Gasteiger partial charge in [-0.2, -0.15) is 16.8 Å². The quantitative estimate of drug-likeness (QED) is 0.665. The summed E-state index contributed by atoms with van der Waals surface area (Å²) in [7, 11) is 0. The molecule has 0 aliphatic carbocycles. The van der Waals surface area contributed by atoms with E-state index in [-0.39, 0.29) is 5.56 Å². The van der Waals surface area contributed by atoms with Crippen molar-refractivity contribution in [2.75, 3.05) is 25.2 Å². The summed E-state index contributed by atoms with van der Waals surface area (Å²) in [4.78, 5) is 17.4. The Labute approximate surface area is 163 Å². The lowest BCUT2D eigenvalue weighted by Gasteiger charge is -2.18. The Morgan fingerprint density at radius 3 is 2.78 bits per heavy atom. The van der Waals surface area contributed by atoms with Crippen LogP contribution in [-0.2, 0) is 6.54 Å². The van der Waals surface area contributed by atoms with E-state index >= 15 is 0 Å². The van der Waals surface area contributed by atoms with Crippen LogP contribution in [0.1, 0.15) is 10.4 Å². The van der Waals surface area contributed by atoms with Crippen LogP contribution in [0.4, 0.5) is 4.39 Å². The minimum atomic E-state index is -0.462. The van der Waals surface area contributed by atoms with Crippen LogP contribution in [0.3, 0.4) is 0 Å². The van der Waals surface area contributed by atoms with Crippen molar-refractivity contribution in [3.8, 4) is 11.5 Å². The summed E-state index contributed by atoms with van der Waals surface area (Å²) in [5.74, 6) is 1.37. The van der Waals surface area contributed by atoms with Gasteiger partial charge in [0, 0.05) is 30.0 Å². The average Bonchev–Trinajstić information content (AvgIpc) is 3.00. The minimum absolute atomic E-state index is 0.231. The molecule has 1 amide bonds. The molecule has 8 heteroatoms. The highest BCUT2D eigenvalue weighted by Gasteiger charge is 2.17. The van der Waals surface area contributed by atoms with Gasteiger partial charge in [0.15, 0.2) is 16.3 Å². The molecule has 0 atom stereocenters. The van der Waals surface area contributed by atoms with Crippen LogP contribution in [-0.4, -0.2) is 35.7 Å². The lowest BCUT2D eigenvalue weighted by atomic mass is 10.2. The minimum Gasteiger partial charge on any atom is -0.486 e. The van der Waals surface area contributed by atoms with Gasteiger partial charge in [-0.3, -0.25) is 4.79 Å². The van der Waals surface area contributed by atoms with Gasteiger partial charge in [-0.1, -0.05) is 17.4 Å². The molecule has 0 bridgehead atoms. The lowest BCUT2D eigenvalue weighted by Crippen LogP contribution is -2.18. The first-order chi connectivity index (χ1) is 13.2. The largest absolute Gasteiger partial charge is 0.486 e.